The minimum atomic E-state index is -3.56. The highest BCUT2D eigenvalue weighted by Crippen LogP contribution is 2.10. The lowest BCUT2D eigenvalue weighted by Crippen LogP contribution is -2.28. The fourth-order valence-electron chi connectivity index (χ4n) is 1.40. The predicted octanol–water partition coefficient (Wildman–Crippen LogP) is 0.800. The normalized spacial score (nSPS) is 12.8. The average molecular weight is 300 g/mol. The summed E-state index contributed by atoms with van der Waals surface area (Å²) in [5.74, 6) is 0.826. The number of nitrogens with one attached hydrogen (secondary N) is 1. The van der Waals surface area contributed by atoms with Gasteiger partial charge in [0.1, 0.15) is 0 Å². The molecule has 7 heteroatoms. The van der Waals surface area contributed by atoms with Gasteiger partial charge in [0.15, 0.2) is 0 Å². The Morgan fingerprint density at radius 1 is 1.32 bits per heavy atom. The van der Waals surface area contributed by atoms with Crippen LogP contribution in [0.15, 0.2) is 29.2 Å². The SMILES string of the molecule is CCS(=O)CCNS(=O)(=O)c1ccc(CC#N)cc1. The summed E-state index contributed by atoms with van der Waals surface area (Å²) in [4.78, 5) is 0.150. The molecule has 1 rings (SSSR count). The molecule has 0 amide bonds. The maximum atomic E-state index is 11.9. The number of benzene rings is 1. The van der Waals surface area contributed by atoms with Crippen molar-refractivity contribution in [3.8, 4) is 6.07 Å². The van der Waals surface area contributed by atoms with Crippen molar-refractivity contribution < 1.29 is 12.6 Å². The first-order chi connectivity index (χ1) is 8.99. The maximum Gasteiger partial charge on any atom is 0.240 e. The van der Waals surface area contributed by atoms with E-state index in [1.807, 2.05) is 6.07 Å². The Balaban J connectivity index is 2.67. The van der Waals surface area contributed by atoms with E-state index in [9.17, 15) is 12.6 Å². The second-order valence-corrected chi connectivity index (χ2v) is 7.44. The minimum absolute atomic E-state index is 0.150. The van der Waals surface area contributed by atoms with Gasteiger partial charge in [0.2, 0.25) is 10.0 Å². The molecule has 104 valence electrons. The lowest BCUT2D eigenvalue weighted by molar-refractivity contribution is 0.584. The summed E-state index contributed by atoms with van der Waals surface area (Å²) in [6.45, 7) is 1.95. The quantitative estimate of drug-likeness (QED) is 0.807. The zero-order valence-electron chi connectivity index (χ0n) is 10.6. The molecule has 5 nitrogen and oxygen atoms in total. The molecule has 1 unspecified atom stereocenters. The molecule has 1 atom stereocenters. The highest BCUT2D eigenvalue weighted by molar-refractivity contribution is 7.89. The Labute approximate surface area is 116 Å². The Bertz CT molecular complexity index is 574. The smallest absolute Gasteiger partial charge is 0.240 e. The molecule has 19 heavy (non-hydrogen) atoms. The fourth-order valence-corrected chi connectivity index (χ4v) is 3.17. The Morgan fingerprint density at radius 2 is 1.95 bits per heavy atom. The standard InChI is InChI=1S/C12H16N2O3S2/c1-2-18(15)10-9-14-19(16,17)12-5-3-11(4-6-12)7-8-13/h3-6,14H,2,7,9-10H2,1H3. The van der Waals surface area contributed by atoms with Gasteiger partial charge in [0.05, 0.1) is 17.4 Å². The number of sulfonamides is 1. The van der Waals surface area contributed by atoms with E-state index in [0.717, 1.165) is 5.56 Å². The highest BCUT2D eigenvalue weighted by Gasteiger charge is 2.13. The van der Waals surface area contributed by atoms with Gasteiger partial charge in [-0.3, -0.25) is 4.21 Å². The molecule has 0 bridgehead atoms. The Hall–Kier alpha value is -1.23. The molecule has 0 saturated carbocycles. The van der Waals surface area contributed by atoms with E-state index < -0.39 is 20.8 Å². The predicted molar refractivity (Wildman–Crippen MR) is 74.5 cm³/mol. The first-order valence-corrected chi connectivity index (χ1v) is 8.77. The largest absolute Gasteiger partial charge is 0.260 e. The summed E-state index contributed by atoms with van der Waals surface area (Å²) in [5.41, 5.74) is 0.772. The van der Waals surface area contributed by atoms with Gasteiger partial charge in [-0.15, -0.1) is 0 Å². The Morgan fingerprint density at radius 3 is 2.47 bits per heavy atom. The number of nitriles is 1. The van der Waals surface area contributed by atoms with Gasteiger partial charge in [-0.1, -0.05) is 19.1 Å². The topological polar surface area (TPSA) is 87.0 Å². The van der Waals surface area contributed by atoms with Crippen LogP contribution < -0.4 is 4.72 Å². The summed E-state index contributed by atoms with van der Waals surface area (Å²) in [5, 5.41) is 8.53. The van der Waals surface area contributed by atoms with E-state index in [1.54, 1.807) is 19.1 Å². The van der Waals surface area contributed by atoms with Crippen LogP contribution in [-0.2, 0) is 27.2 Å². The van der Waals surface area contributed by atoms with Gasteiger partial charge in [-0.05, 0) is 17.7 Å². The van der Waals surface area contributed by atoms with E-state index in [0.29, 0.717) is 11.5 Å². The molecule has 0 heterocycles. The molecule has 1 aromatic rings. The van der Waals surface area contributed by atoms with Crippen molar-refractivity contribution in [3.63, 3.8) is 0 Å². The molecule has 0 aliphatic carbocycles. The van der Waals surface area contributed by atoms with Crippen LogP contribution in [0.1, 0.15) is 12.5 Å². The zero-order valence-corrected chi connectivity index (χ0v) is 12.3. The number of nitrogens with zero attached hydrogens (tertiary/aromatic N) is 1. The minimum Gasteiger partial charge on any atom is -0.260 e. The van der Waals surface area contributed by atoms with Crippen LogP contribution >= 0.6 is 0 Å². The molecular formula is C12H16N2O3S2. The van der Waals surface area contributed by atoms with Gasteiger partial charge in [-0.2, -0.15) is 5.26 Å². The number of hydrogen-bond acceptors (Lipinski definition) is 4. The third-order valence-electron chi connectivity index (χ3n) is 2.46. The lowest BCUT2D eigenvalue weighted by Gasteiger charge is -2.06. The molecule has 1 aromatic carbocycles. The lowest BCUT2D eigenvalue weighted by atomic mass is 10.2. The fraction of sp³-hybridized carbons (Fsp3) is 0.417. The molecule has 1 N–H and O–H groups in total. The molecule has 0 spiro atoms. The molecule has 0 saturated heterocycles. The van der Waals surface area contributed by atoms with Gasteiger partial charge in [-0.25, -0.2) is 13.1 Å². The van der Waals surface area contributed by atoms with Crippen LogP contribution in [0.2, 0.25) is 0 Å². The van der Waals surface area contributed by atoms with E-state index in [1.165, 1.54) is 12.1 Å². The second kappa shape index (κ2) is 7.38. The highest BCUT2D eigenvalue weighted by atomic mass is 32.2. The number of hydrogen-bond donors (Lipinski definition) is 1. The van der Waals surface area contributed by atoms with Crippen molar-refractivity contribution in [1.29, 1.82) is 5.26 Å². The molecule has 0 aliphatic heterocycles. The van der Waals surface area contributed by atoms with Crippen molar-refractivity contribution in [1.82, 2.24) is 4.72 Å². The zero-order chi connectivity index (χ0) is 14.3. The molecule has 0 fully saturated rings. The second-order valence-electron chi connectivity index (χ2n) is 3.81. The first-order valence-electron chi connectivity index (χ1n) is 5.80. The molecule has 0 radical (unpaired) electrons. The van der Waals surface area contributed by atoms with Gasteiger partial charge < -0.3 is 0 Å². The summed E-state index contributed by atoms with van der Waals surface area (Å²) in [6.07, 6.45) is 0.253. The van der Waals surface area contributed by atoms with Crippen LogP contribution in [0, 0.1) is 11.3 Å². The van der Waals surface area contributed by atoms with Crippen molar-refractivity contribution in [2.24, 2.45) is 0 Å². The van der Waals surface area contributed by atoms with Crippen molar-refractivity contribution >= 4 is 20.8 Å². The van der Waals surface area contributed by atoms with Gasteiger partial charge >= 0.3 is 0 Å². The van der Waals surface area contributed by atoms with E-state index >= 15 is 0 Å². The molecular weight excluding hydrogens is 284 g/mol. The summed E-state index contributed by atoms with van der Waals surface area (Å²) >= 11 is 0. The van der Waals surface area contributed by atoms with Crippen LogP contribution in [0.3, 0.4) is 0 Å². The van der Waals surface area contributed by atoms with Crippen LogP contribution in [0.5, 0.6) is 0 Å². The van der Waals surface area contributed by atoms with Crippen LogP contribution in [-0.4, -0.2) is 30.7 Å². The molecule has 0 aromatic heterocycles. The summed E-state index contributed by atoms with van der Waals surface area (Å²) in [6, 6.07) is 8.15. The monoisotopic (exact) mass is 300 g/mol. The summed E-state index contributed by atoms with van der Waals surface area (Å²) in [7, 11) is -4.55. The molecule has 0 aliphatic rings. The third-order valence-corrected chi connectivity index (χ3v) is 5.24. The third kappa shape index (κ3) is 5.11. The van der Waals surface area contributed by atoms with Crippen LogP contribution in [0.25, 0.3) is 0 Å². The first kappa shape index (κ1) is 15.8. The summed E-state index contributed by atoms with van der Waals surface area (Å²) < 4.78 is 37.4. The Kier molecular flexibility index (Phi) is 6.15. The van der Waals surface area contributed by atoms with E-state index in [4.69, 9.17) is 5.26 Å². The van der Waals surface area contributed by atoms with Crippen molar-refractivity contribution in [2.45, 2.75) is 18.2 Å². The van der Waals surface area contributed by atoms with Gasteiger partial charge in [0.25, 0.3) is 0 Å². The maximum absolute atomic E-state index is 11.9. The van der Waals surface area contributed by atoms with Crippen molar-refractivity contribution in [2.75, 3.05) is 18.1 Å². The number of rotatable bonds is 7. The van der Waals surface area contributed by atoms with Crippen LogP contribution in [0.4, 0.5) is 0 Å². The van der Waals surface area contributed by atoms with E-state index in [-0.39, 0.29) is 17.9 Å². The van der Waals surface area contributed by atoms with Crippen molar-refractivity contribution in [3.05, 3.63) is 29.8 Å². The van der Waals surface area contributed by atoms with E-state index in [2.05, 4.69) is 4.72 Å². The average Bonchev–Trinajstić information content (AvgIpc) is 2.39. The van der Waals surface area contributed by atoms with Gasteiger partial charge in [0, 0.05) is 28.9 Å².